The van der Waals surface area contributed by atoms with Gasteiger partial charge in [-0.1, -0.05) is 26.8 Å². The Morgan fingerprint density at radius 2 is 1.94 bits per heavy atom. The van der Waals surface area contributed by atoms with Gasteiger partial charge in [0, 0.05) is 7.05 Å². The fraction of sp³-hybridized carbons (Fsp3) is 0.500. The first-order valence-electron chi connectivity index (χ1n) is 6.03. The van der Waals surface area contributed by atoms with Gasteiger partial charge in [0.25, 0.3) is 0 Å². The molecule has 2 aromatic rings. The number of hydrogen-bond acceptors (Lipinski definition) is 2. The molecule has 1 heterocycles. The molecule has 0 aliphatic heterocycles. The summed E-state index contributed by atoms with van der Waals surface area (Å²) in [6.07, 6.45) is 0. The van der Waals surface area contributed by atoms with E-state index in [1.54, 1.807) is 0 Å². The molecule has 92 valence electrons. The maximum Gasteiger partial charge on any atom is 0.126 e. The van der Waals surface area contributed by atoms with Gasteiger partial charge in [-0.3, -0.25) is 0 Å². The van der Waals surface area contributed by atoms with Gasteiger partial charge >= 0.3 is 0 Å². The predicted molar refractivity (Wildman–Crippen MR) is 72.0 cm³/mol. The molecular weight excluding hydrogens is 210 g/mol. The van der Waals surface area contributed by atoms with Crippen LogP contribution in [0.25, 0.3) is 11.0 Å². The first-order chi connectivity index (χ1) is 7.80. The molecule has 17 heavy (non-hydrogen) atoms. The van der Waals surface area contributed by atoms with E-state index in [-0.39, 0.29) is 11.5 Å². The summed E-state index contributed by atoms with van der Waals surface area (Å²) in [7, 11) is 2.02. The standard InChI is InChI=1S/C14H21N3/c1-9(15)13-16-11-8-10(14(2,3)4)6-7-12(11)17(13)5/h6-9H,15H2,1-5H3. The molecule has 2 rings (SSSR count). The summed E-state index contributed by atoms with van der Waals surface area (Å²) in [6.45, 7) is 8.60. The smallest absolute Gasteiger partial charge is 0.126 e. The van der Waals surface area contributed by atoms with Crippen molar-refractivity contribution >= 4 is 11.0 Å². The molecule has 3 heteroatoms. The number of nitrogens with zero attached hydrogens (tertiary/aromatic N) is 2. The van der Waals surface area contributed by atoms with Gasteiger partial charge in [0.15, 0.2) is 0 Å². The van der Waals surface area contributed by atoms with Gasteiger partial charge in [-0.05, 0) is 30.0 Å². The molecule has 1 unspecified atom stereocenters. The van der Waals surface area contributed by atoms with Crippen molar-refractivity contribution in [2.24, 2.45) is 12.8 Å². The molecule has 3 nitrogen and oxygen atoms in total. The Morgan fingerprint density at radius 1 is 1.29 bits per heavy atom. The third-order valence-electron chi connectivity index (χ3n) is 3.19. The lowest BCUT2D eigenvalue weighted by Gasteiger charge is -2.18. The molecule has 0 aliphatic rings. The second-order valence-electron chi connectivity index (χ2n) is 5.77. The van der Waals surface area contributed by atoms with Crippen LogP contribution in [-0.2, 0) is 12.5 Å². The quantitative estimate of drug-likeness (QED) is 0.820. The van der Waals surface area contributed by atoms with E-state index in [0.29, 0.717) is 0 Å². The van der Waals surface area contributed by atoms with E-state index in [0.717, 1.165) is 16.9 Å². The number of aromatic nitrogens is 2. The van der Waals surface area contributed by atoms with E-state index in [1.807, 2.05) is 14.0 Å². The number of benzene rings is 1. The largest absolute Gasteiger partial charge is 0.330 e. The Morgan fingerprint density at radius 3 is 2.47 bits per heavy atom. The van der Waals surface area contributed by atoms with Gasteiger partial charge in [0.05, 0.1) is 17.1 Å². The zero-order valence-electron chi connectivity index (χ0n) is 11.3. The Bertz CT molecular complexity index is 544. The predicted octanol–water partition coefficient (Wildman–Crippen LogP) is 2.89. The summed E-state index contributed by atoms with van der Waals surface area (Å²) in [4.78, 5) is 4.62. The van der Waals surface area contributed by atoms with Crippen LogP contribution in [0, 0.1) is 0 Å². The lowest BCUT2D eigenvalue weighted by Crippen LogP contribution is -2.11. The number of rotatable bonds is 1. The number of fused-ring (bicyclic) bond motifs is 1. The minimum atomic E-state index is -0.0366. The van der Waals surface area contributed by atoms with Gasteiger partial charge in [0.1, 0.15) is 5.82 Å². The van der Waals surface area contributed by atoms with Crippen LogP contribution in [0.5, 0.6) is 0 Å². The first-order valence-corrected chi connectivity index (χ1v) is 6.03. The Labute approximate surface area is 103 Å². The highest BCUT2D eigenvalue weighted by atomic mass is 15.1. The molecule has 0 saturated heterocycles. The van der Waals surface area contributed by atoms with Crippen molar-refractivity contribution in [3.63, 3.8) is 0 Å². The Kier molecular flexibility index (Phi) is 2.74. The highest BCUT2D eigenvalue weighted by molar-refractivity contribution is 5.77. The lowest BCUT2D eigenvalue weighted by atomic mass is 9.87. The monoisotopic (exact) mass is 231 g/mol. The molecule has 0 fully saturated rings. The Hall–Kier alpha value is -1.35. The number of aryl methyl sites for hydroxylation is 1. The van der Waals surface area contributed by atoms with E-state index in [9.17, 15) is 0 Å². The van der Waals surface area contributed by atoms with Crippen molar-refractivity contribution in [1.29, 1.82) is 0 Å². The van der Waals surface area contributed by atoms with Gasteiger partial charge in [-0.25, -0.2) is 4.98 Å². The topological polar surface area (TPSA) is 43.8 Å². The molecule has 0 spiro atoms. The molecule has 0 aliphatic carbocycles. The van der Waals surface area contributed by atoms with Crippen LogP contribution >= 0.6 is 0 Å². The van der Waals surface area contributed by atoms with Gasteiger partial charge in [-0.2, -0.15) is 0 Å². The zero-order valence-corrected chi connectivity index (χ0v) is 11.3. The van der Waals surface area contributed by atoms with Crippen LogP contribution in [0.1, 0.15) is 45.1 Å². The molecular formula is C14H21N3. The highest BCUT2D eigenvalue weighted by Crippen LogP contribution is 2.26. The first kappa shape index (κ1) is 12.1. The van der Waals surface area contributed by atoms with Crippen LogP contribution in [0.4, 0.5) is 0 Å². The maximum atomic E-state index is 5.92. The molecule has 1 aromatic heterocycles. The summed E-state index contributed by atoms with van der Waals surface area (Å²) < 4.78 is 2.08. The van der Waals surface area contributed by atoms with E-state index in [1.165, 1.54) is 5.56 Å². The minimum Gasteiger partial charge on any atom is -0.330 e. The highest BCUT2D eigenvalue weighted by Gasteiger charge is 2.16. The average molecular weight is 231 g/mol. The van der Waals surface area contributed by atoms with Crippen LogP contribution in [-0.4, -0.2) is 9.55 Å². The van der Waals surface area contributed by atoms with Gasteiger partial charge < -0.3 is 10.3 Å². The van der Waals surface area contributed by atoms with Crippen molar-refractivity contribution in [1.82, 2.24) is 9.55 Å². The summed E-state index contributed by atoms with van der Waals surface area (Å²) in [5, 5.41) is 0. The maximum absolute atomic E-state index is 5.92. The SMILES string of the molecule is CC(N)c1nc2cc(C(C)(C)C)ccc2n1C. The number of nitrogens with two attached hydrogens (primary N) is 1. The summed E-state index contributed by atoms with van der Waals surface area (Å²) in [5.74, 6) is 0.936. The molecule has 1 atom stereocenters. The van der Waals surface area contributed by atoms with Crippen molar-refractivity contribution in [2.75, 3.05) is 0 Å². The lowest BCUT2D eigenvalue weighted by molar-refractivity contribution is 0.591. The van der Waals surface area contributed by atoms with Crippen LogP contribution in [0.3, 0.4) is 0 Å². The number of hydrogen-bond donors (Lipinski definition) is 1. The third kappa shape index (κ3) is 2.07. The van der Waals surface area contributed by atoms with E-state index in [4.69, 9.17) is 5.73 Å². The summed E-state index contributed by atoms with van der Waals surface area (Å²) in [6, 6.07) is 6.44. The van der Waals surface area contributed by atoms with E-state index in [2.05, 4.69) is 48.5 Å². The molecule has 0 amide bonds. The number of imidazole rings is 1. The molecule has 0 radical (unpaired) electrons. The van der Waals surface area contributed by atoms with Crippen LogP contribution in [0.2, 0.25) is 0 Å². The minimum absolute atomic E-state index is 0.0366. The van der Waals surface area contributed by atoms with Crippen molar-refractivity contribution in [3.8, 4) is 0 Å². The fourth-order valence-corrected chi connectivity index (χ4v) is 2.09. The molecule has 2 N–H and O–H groups in total. The van der Waals surface area contributed by atoms with Crippen molar-refractivity contribution < 1.29 is 0 Å². The van der Waals surface area contributed by atoms with Crippen LogP contribution in [0.15, 0.2) is 18.2 Å². The third-order valence-corrected chi connectivity index (χ3v) is 3.19. The summed E-state index contributed by atoms with van der Waals surface area (Å²) >= 11 is 0. The van der Waals surface area contributed by atoms with E-state index < -0.39 is 0 Å². The molecule has 0 bridgehead atoms. The summed E-state index contributed by atoms with van der Waals surface area (Å²) in [5.41, 5.74) is 9.56. The second kappa shape index (κ2) is 3.84. The fourth-order valence-electron chi connectivity index (χ4n) is 2.09. The molecule has 1 aromatic carbocycles. The average Bonchev–Trinajstić information content (AvgIpc) is 2.54. The van der Waals surface area contributed by atoms with Gasteiger partial charge in [0.2, 0.25) is 0 Å². The second-order valence-corrected chi connectivity index (χ2v) is 5.77. The zero-order chi connectivity index (χ0) is 12.8. The van der Waals surface area contributed by atoms with Crippen molar-refractivity contribution in [3.05, 3.63) is 29.6 Å². The van der Waals surface area contributed by atoms with Crippen molar-refractivity contribution in [2.45, 2.75) is 39.2 Å². The van der Waals surface area contributed by atoms with E-state index >= 15 is 0 Å². The van der Waals surface area contributed by atoms with Crippen LogP contribution < -0.4 is 5.73 Å². The Balaban J connectivity index is 2.64. The normalized spacial score (nSPS) is 14.2. The van der Waals surface area contributed by atoms with Gasteiger partial charge in [-0.15, -0.1) is 0 Å². The molecule has 0 saturated carbocycles.